The molecule has 1 heterocycles. The smallest absolute Gasteiger partial charge is 0.275 e. The molecule has 1 fully saturated rings. The standard InChI is InChI=1S/C15H21F2NO/c1-11(2)15(16,17)13-5-3-12(4-6-13)9-14-10-18-7-8-19-14/h3-6,11,14,18H,7-10H2,1-2H3. The van der Waals surface area contributed by atoms with Crippen LogP contribution in [0, 0.1) is 5.92 Å². The van der Waals surface area contributed by atoms with Gasteiger partial charge in [0.1, 0.15) is 0 Å². The summed E-state index contributed by atoms with van der Waals surface area (Å²) in [6, 6.07) is 6.63. The molecule has 0 radical (unpaired) electrons. The summed E-state index contributed by atoms with van der Waals surface area (Å²) in [6.45, 7) is 5.50. The zero-order valence-electron chi connectivity index (χ0n) is 11.5. The second kappa shape index (κ2) is 5.97. The van der Waals surface area contributed by atoms with Gasteiger partial charge in [0.25, 0.3) is 5.92 Å². The van der Waals surface area contributed by atoms with Crippen LogP contribution in [-0.2, 0) is 17.1 Å². The molecule has 2 rings (SSSR count). The first-order valence-electron chi connectivity index (χ1n) is 6.79. The van der Waals surface area contributed by atoms with Crippen LogP contribution in [0.4, 0.5) is 8.78 Å². The monoisotopic (exact) mass is 269 g/mol. The molecule has 106 valence electrons. The van der Waals surface area contributed by atoms with E-state index in [9.17, 15) is 8.78 Å². The molecule has 1 unspecified atom stereocenters. The molecule has 2 nitrogen and oxygen atoms in total. The van der Waals surface area contributed by atoms with E-state index < -0.39 is 11.8 Å². The average Bonchev–Trinajstić information content (AvgIpc) is 2.40. The lowest BCUT2D eigenvalue weighted by molar-refractivity contribution is -0.0514. The average molecular weight is 269 g/mol. The maximum Gasteiger partial charge on any atom is 0.275 e. The van der Waals surface area contributed by atoms with Crippen LogP contribution in [0.15, 0.2) is 24.3 Å². The molecule has 0 aromatic heterocycles. The summed E-state index contributed by atoms with van der Waals surface area (Å²) in [7, 11) is 0. The minimum Gasteiger partial charge on any atom is -0.375 e. The van der Waals surface area contributed by atoms with Crippen molar-refractivity contribution in [2.75, 3.05) is 19.7 Å². The van der Waals surface area contributed by atoms with Crippen molar-refractivity contribution in [2.45, 2.75) is 32.3 Å². The van der Waals surface area contributed by atoms with E-state index in [1.807, 2.05) is 0 Å². The maximum absolute atomic E-state index is 13.8. The van der Waals surface area contributed by atoms with Crippen molar-refractivity contribution in [1.82, 2.24) is 5.32 Å². The fourth-order valence-corrected chi connectivity index (χ4v) is 2.21. The predicted octanol–water partition coefficient (Wildman–Crippen LogP) is 2.97. The van der Waals surface area contributed by atoms with Crippen LogP contribution in [0.25, 0.3) is 0 Å². The number of hydrogen-bond donors (Lipinski definition) is 1. The van der Waals surface area contributed by atoms with Gasteiger partial charge in [0.2, 0.25) is 0 Å². The molecule has 1 aliphatic heterocycles. The van der Waals surface area contributed by atoms with Crippen LogP contribution in [0.2, 0.25) is 0 Å². The van der Waals surface area contributed by atoms with Gasteiger partial charge in [-0.05, 0) is 12.0 Å². The van der Waals surface area contributed by atoms with E-state index in [0.717, 1.165) is 25.1 Å². The highest BCUT2D eigenvalue weighted by Crippen LogP contribution is 2.35. The fourth-order valence-electron chi connectivity index (χ4n) is 2.21. The van der Waals surface area contributed by atoms with Gasteiger partial charge in [-0.25, -0.2) is 8.78 Å². The van der Waals surface area contributed by atoms with Gasteiger partial charge in [-0.15, -0.1) is 0 Å². The Kier molecular flexibility index (Phi) is 4.53. The summed E-state index contributed by atoms with van der Waals surface area (Å²) in [5.74, 6) is -3.45. The van der Waals surface area contributed by atoms with Crippen LogP contribution in [0.5, 0.6) is 0 Å². The molecule has 1 aliphatic rings. The quantitative estimate of drug-likeness (QED) is 0.907. The Morgan fingerprint density at radius 2 is 2.00 bits per heavy atom. The number of ether oxygens (including phenoxy) is 1. The van der Waals surface area contributed by atoms with Crippen molar-refractivity contribution in [2.24, 2.45) is 5.92 Å². The topological polar surface area (TPSA) is 21.3 Å². The third kappa shape index (κ3) is 3.51. The van der Waals surface area contributed by atoms with Gasteiger partial charge in [0, 0.05) is 24.6 Å². The molecule has 1 aromatic rings. The van der Waals surface area contributed by atoms with Gasteiger partial charge in [-0.3, -0.25) is 0 Å². The Bertz CT molecular complexity index is 397. The fraction of sp³-hybridized carbons (Fsp3) is 0.600. The van der Waals surface area contributed by atoms with E-state index in [1.54, 1.807) is 12.1 Å². The van der Waals surface area contributed by atoms with Crippen molar-refractivity contribution in [1.29, 1.82) is 0 Å². The van der Waals surface area contributed by atoms with Crippen molar-refractivity contribution >= 4 is 0 Å². The van der Waals surface area contributed by atoms with E-state index >= 15 is 0 Å². The minimum absolute atomic E-state index is 0.0916. The van der Waals surface area contributed by atoms with Crippen molar-refractivity contribution in [3.05, 3.63) is 35.4 Å². The summed E-state index contributed by atoms with van der Waals surface area (Å²) < 4.78 is 33.3. The van der Waals surface area contributed by atoms with Crippen LogP contribution in [0.1, 0.15) is 25.0 Å². The van der Waals surface area contributed by atoms with Crippen molar-refractivity contribution in [3.8, 4) is 0 Å². The first kappa shape index (κ1) is 14.4. The highest BCUT2D eigenvalue weighted by molar-refractivity contribution is 5.26. The lowest BCUT2D eigenvalue weighted by atomic mass is 9.96. The molecule has 19 heavy (non-hydrogen) atoms. The maximum atomic E-state index is 13.8. The Hall–Kier alpha value is -1.00. The van der Waals surface area contributed by atoms with E-state index in [2.05, 4.69) is 5.32 Å². The van der Waals surface area contributed by atoms with E-state index in [1.165, 1.54) is 26.0 Å². The number of rotatable bonds is 4. The number of hydrogen-bond acceptors (Lipinski definition) is 2. The third-order valence-electron chi connectivity index (χ3n) is 3.53. The van der Waals surface area contributed by atoms with Gasteiger partial charge in [-0.1, -0.05) is 38.1 Å². The molecule has 0 aliphatic carbocycles. The largest absolute Gasteiger partial charge is 0.375 e. The van der Waals surface area contributed by atoms with Gasteiger partial charge in [0.15, 0.2) is 0 Å². The number of morpholine rings is 1. The Morgan fingerprint density at radius 3 is 2.53 bits per heavy atom. The van der Waals surface area contributed by atoms with Gasteiger partial charge < -0.3 is 10.1 Å². The Morgan fingerprint density at radius 1 is 1.32 bits per heavy atom. The molecule has 1 N–H and O–H groups in total. The van der Waals surface area contributed by atoms with E-state index in [4.69, 9.17) is 4.74 Å². The van der Waals surface area contributed by atoms with Crippen LogP contribution in [-0.4, -0.2) is 25.8 Å². The molecule has 0 amide bonds. The summed E-state index contributed by atoms with van der Waals surface area (Å²) in [5, 5.41) is 3.26. The zero-order chi connectivity index (χ0) is 13.9. The molecular formula is C15H21F2NO. The second-order valence-electron chi connectivity index (χ2n) is 5.38. The normalized spacial score (nSPS) is 20.8. The number of benzene rings is 1. The zero-order valence-corrected chi connectivity index (χ0v) is 11.5. The second-order valence-corrected chi connectivity index (χ2v) is 5.38. The lowest BCUT2D eigenvalue weighted by Crippen LogP contribution is -2.39. The SMILES string of the molecule is CC(C)C(F)(F)c1ccc(CC2CNCCO2)cc1. The van der Waals surface area contributed by atoms with Crippen LogP contribution in [0.3, 0.4) is 0 Å². The number of nitrogens with one attached hydrogen (secondary N) is 1. The summed E-state index contributed by atoms with van der Waals surface area (Å²) in [5.41, 5.74) is 1.13. The molecule has 0 bridgehead atoms. The molecule has 0 saturated carbocycles. The highest BCUT2D eigenvalue weighted by Gasteiger charge is 2.35. The third-order valence-corrected chi connectivity index (χ3v) is 3.53. The summed E-state index contributed by atoms with van der Waals surface area (Å²) in [4.78, 5) is 0. The van der Waals surface area contributed by atoms with Crippen molar-refractivity contribution < 1.29 is 13.5 Å². The molecule has 1 aromatic carbocycles. The minimum atomic E-state index is -2.76. The first-order chi connectivity index (χ1) is 9.00. The predicted molar refractivity (Wildman–Crippen MR) is 71.5 cm³/mol. The van der Waals surface area contributed by atoms with E-state index in [0.29, 0.717) is 6.61 Å². The molecule has 4 heteroatoms. The van der Waals surface area contributed by atoms with Gasteiger partial charge in [-0.2, -0.15) is 0 Å². The Balaban J connectivity index is 2.02. The number of alkyl halides is 2. The first-order valence-corrected chi connectivity index (χ1v) is 6.79. The molecule has 1 atom stereocenters. The molecular weight excluding hydrogens is 248 g/mol. The molecule has 0 spiro atoms. The summed E-state index contributed by atoms with van der Waals surface area (Å²) in [6.07, 6.45) is 0.908. The molecule has 1 saturated heterocycles. The Labute approximate surface area is 113 Å². The van der Waals surface area contributed by atoms with Gasteiger partial charge in [0.05, 0.1) is 12.7 Å². The lowest BCUT2D eigenvalue weighted by Gasteiger charge is -2.24. The summed E-state index contributed by atoms with van der Waals surface area (Å²) >= 11 is 0. The van der Waals surface area contributed by atoms with Crippen LogP contribution >= 0.6 is 0 Å². The van der Waals surface area contributed by atoms with Crippen LogP contribution < -0.4 is 5.32 Å². The number of halogens is 2. The van der Waals surface area contributed by atoms with Crippen molar-refractivity contribution in [3.63, 3.8) is 0 Å². The van der Waals surface area contributed by atoms with Gasteiger partial charge >= 0.3 is 0 Å². The van der Waals surface area contributed by atoms with E-state index in [-0.39, 0.29) is 11.7 Å². The highest BCUT2D eigenvalue weighted by atomic mass is 19.3.